The average molecular weight is 359 g/mol. The summed E-state index contributed by atoms with van der Waals surface area (Å²) < 4.78 is 2.82. The van der Waals surface area contributed by atoms with Gasteiger partial charge >= 0.3 is 0 Å². The maximum Gasteiger partial charge on any atom is 0.252 e. The van der Waals surface area contributed by atoms with Crippen LogP contribution in [0.15, 0.2) is 0 Å². The van der Waals surface area contributed by atoms with E-state index in [4.69, 9.17) is 22.2 Å². The van der Waals surface area contributed by atoms with Gasteiger partial charge in [-0.15, -0.1) is 22.2 Å². The van der Waals surface area contributed by atoms with Gasteiger partial charge in [0.25, 0.3) is 7.42 Å². The zero-order valence-corrected chi connectivity index (χ0v) is 18.6. The van der Waals surface area contributed by atoms with Crippen LogP contribution in [0.25, 0.3) is 0 Å². The van der Waals surface area contributed by atoms with Gasteiger partial charge in [0, 0.05) is 5.67 Å². The summed E-state index contributed by atoms with van der Waals surface area (Å²) in [4.78, 5) is 0. The minimum atomic E-state index is -1.65. The number of rotatable bonds is 9. The molecule has 1 unspecified atom stereocenters. The third-order valence-electron chi connectivity index (χ3n) is 3.42. The van der Waals surface area contributed by atoms with Crippen molar-refractivity contribution in [1.82, 2.24) is 4.23 Å². The van der Waals surface area contributed by atoms with Crippen molar-refractivity contribution >= 4 is 46.0 Å². The second-order valence-electron chi connectivity index (χ2n) is 7.46. The molecule has 0 amide bonds. The van der Waals surface area contributed by atoms with Crippen molar-refractivity contribution in [2.24, 2.45) is 0 Å². The number of halogens is 2. The van der Waals surface area contributed by atoms with Crippen molar-refractivity contribution in [2.75, 3.05) is 0 Å². The Bertz CT molecular complexity index is 235. The predicted molar refractivity (Wildman–Crippen MR) is 99.9 cm³/mol. The first-order valence-electron chi connectivity index (χ1n) is 7.59. The molecule has 1 nitrogen and oxygen atoms in total. The van der Waals surface area contributed by atoms with E-state index in [0.717, 1.165) is 0 Å². The fraction of sp³-hybridized carbons (Fsp3) is 1.00. The Balaban J connectivity index is 4.89. The molecular formula is C13H33Cl2NSi3. The second-order valence-corrected chi connectivity index (χ2v) is 22.5. The summed E-state index contributed by atoms with van der Waals surface area (Å²) in [5.74, 6) is 0. The minimum absolute atomic E-state index is 0.485. The van der Waals surface area contributed by atoms with Crippen LogP contribution in [0.1, 0.15) is 39.0 Å². The molecule has 0 heterocycles. The molecule has 0 fully saturated rings. The zero-order chi connectivity index (χ0) is 15.3. The standard InChI is InChI=1S/C13H33Cl2NSi3/c1-8-9-10-11-12-13(17(14)15)16(18(2,3)4)19(5,6)7/h13,17H,8-12H2,1-7H3. The molecule has 0 aromatic carbocycles. The third kappa shape index (κ3) is 7.67. The monoisotopic (exact) mass is 357 g/mol. The lowest BCUT2D eigenvalue weighted by molar-refractivity contribution is 0.493. The van der Waals surface area contributed by atoms with Gasteiger partial charge in [0.2, 0.25) is 0 Å². The van der Waals surface area contributed by atoms with E-state index >= 15 is 0 Å². The Kier molecular flexibility index (Phi) is 9.13. The molecule has 0 spiro atoms. The van der Waals surface area contributed by atoms with Crippen LogP contribution < -0.4 is 0 Å². The molecule has 0 radical (unpaired) electrons. The normalized spacial score (nSPS) is 15.3. The summed E-state index contributed by atoms with van der Waals surface area (Å²) >= 11 is 12.9. The van der Waals surface area contributed by atoms with Gasteiger partial charge in [-0.2, -0.15) is 0 Å². The average Bonchev–Trinajstić information content (AvgIpc) is 2.18. The van der Waals surface area contributed by atoms with Crippen LogP contribution in [-0.4, -0.2) is 33.8 Å². The van der Waals surface area contributed by atoms with Crippen molar-refractivity contribution in [3.05, 3.63) is 0 Å². The van der Waals surface area contributed by atoms with Crippen molar-refractivity contribution in [2.45, 2.75) is 84.0 Å². The largest absolute Gasteiger partial charge is 0.344 e. The molecule has 0 aliphatic heterocycles. The number of hydrogen-bond donors (Lipinski definition) is 0. The van der Waals surface area contributed by atoms with Crippen LogP contribution in [0.2, 0.25) is 39.3 Å². The minimum Gasteiger partial charge on any atom is -0.344 e. The lowest BCUT2D eigenvalue weighted by Crippen LogP contribution is -2.65. The first-order valence-corrected chi connectivity index (χ1v) is 18.6. The molecule has 0 N–H and O–H groups in total. The van der Waals surface area contributed by atoms with Gasteiger partial charge in [0.1, 0.15) is 16.5 Å². The van der Waals surface area contributed by atoms with Crippen molar-refractivity contribution in [3.8, 4) is 0 Å². The van der Waals surface area contributed by atoms with E-state index in [2.05, 4.69) is 50.4 Å². The van der Waals surface area contributed by atoms with Gasteiger partial charge in [-0.05, 0) is 6.42 Å². The highest BCUT2D eigenvalue weighted by Gasteiger charge is 2.41. The quantitative estimate of drug-likeness (QED) is 0.297. The van der Waals surface area contributed by atoms with Gasteiger partial charge < -0.3 is 4.23 Å². The van der Waals surface area contributed by atoms with Crippen LogP contribution in [0.5, 0.6) is 0 Å². The van der Waals surface area contributed by atoms with Gasteiger partial charge in [0.05, 0.1) is 0 Å². The van der Waals surface area contributed by atoms with E-state index in [1.165, 1.54) is 32.1 Å². The summed E-state index contributed by atoms with van der Waals surface area (Å²) in [6.07, 6.45) is 6.45. The molecule has 0 aromatic rings. The molecule has 0 aromatic heterocycles. The van der Waals surface area contributed by atoms with Crippen molar-refractivity contribution < 1.29 is 0 Å². The Morgan fingerprint density at radius 2 is 1.37 bits per heavy atom. The fourth-order valence-corrected chi connectivity index (χ4v) is 20.3. The van der Waals surface area contributed by atoms with Gasteiger partial charge in [-0.1, -0.05) is 71.9 Å². The van der Waals surface area contributed by atoms with Crippen LogP contribution in [0.4, 0.5) is 0 Å². The summed E-state index contributed by atoms with van der Waals surface area (Å²) in [6.45, 7) is 16.9. The fourth-order valence-electron chi connectivity index (χ4n) is 3.15. The molecule has 0 aliphatic rings. The molecule has 116 valence electrons. The molecule has 0 saturated carbocycles. The van der Waals surface area contributed by atoms with Gasteiger partial charge in [-0.25, -0.2) is 0 Å². The Labute approximate surface area is 134 Å². The molecule has 0 aliphatic carbocycles. The number of hydrogen-bond acceptors (Lipinski definition) is 1. The van der Waals surface area contributed by atoms with Gasteiger partial charge in [0.15, 0.2) is 0 Å². The molecule has 0 saturated heterocycles. The Morgan fingerprint density at radius 1 is 0.895 bits per heavy atom. The smallest absolute Gasteiger partial charge is 0.252 e. The summed E-state index contributed by atoms with van der Waals surface area (Å²) in [6, 6.07) is 0. The highest BCUT2D eigenvalue weighted by Crippen LogP contribution is 2.29. The topological polar surface area (TPSA) is 3.24 Å². The molecular weight excluding hydrogens is 325 g/mol. The molecule has 6 heteroatoms. The van der Waals surface area contributed by atoms with E-state index in [9.17, 15) is 0 Å². The number of nitrogens with zero attached hydrogens (tertiary/aromatic N) is 1. The SMILES string of the molecule is CCCCCCC(N([Si](C)(C)C)[Si](C)(C)C)[SiH](Cl)Cl. The first-order chi connectivity index (χ1) is 8.51. The van der Waals surface area contributed by atoms with E-state index in [0.29, 0.717) is 5.67 Å². The van der Waals surface area contributed by atoms with Crippen LogP contribution in [0.3, 0.4) is 0 Å². The lowest BCUT2D eigenvalue weighted by atomic mass is 10.1. The summed E-state index contributed by atoms with van der Waals surface area (Å²) in [7, 11) is -4.37. The third-order valence-corrected chi connectivity index (χ3v) is 14.6. The molecule has 19 heavy (non-hydrogen) atoms. The summed E-state index contributed by atoms with van der Waals surface area (Å²) in [5.41, 5.74) is 0.485. The Hall–Kier alpha value is 1.19. The van der Waals surface area contributed by atoms with E-state index in [-0.39, 0.29) is 0 Å². The first kappa shape index (κ1) is 20.2. The van der Waals surface area contributed by atoms with Crippen LogP contribution in [-0.2, 0) is 0 Å². The maximum absolute atomic E-state index is 6.47. The van der Waals surface area contributed by atoms with E-state index in [1.54, 1.807) is 0 Å². The van der Waals surface area contributed by atoms with E-state index in [1.807, 2.05) is 0 Å². The zero-order valence-electron chi connectivity index (χ0n) is 13.9. The highest BCUT2D eigenvalue weighted by atomic mass is 35.7. The molecule has 1 atom stereocenters. The highest BCUT2D eigenvalue weighted by molar-refractivity contribution is 7.34. The maximum atomic E-state index is 6.47. The van der Waals surface area contributed by atoms with Crippen LogP contribution in [0, 0.1) is 0 Å². The number of unbranched alkanes of at least 4 members (excludes halogenated alkanes) is 3. The van der Waals surface area contributed by atoms with Gasteiger partial charge in [-0.3, -0.25) is 0 Å². The van der Waals surface area contributed by atoms with E-state index < -0.39 is 23.9 Å². The lowest BCUT2D eigenvalue weighted by Gasteiger charge is -2.49. The Morgan fingerprint density at radius 3 is 1.68 bits per heavy atom. The van der Waals surface area contributed by atoms with Crippen molar-refractivity contribution in [3.63, 3.8) is 0 Å². The molecule has 0 bridgehead atoms. The van der Waals surface area contributed by atoms with Crippen LogP contribution >= 0.6 is 22.2 Å². The summed E-state index contributed by atoms with van der Waals surface area (Å²) in [5, 5.41) is 0. The van der Waals surface area contributed by atoms with Crippen molar-refractivity contribution in [1.29, 1.82) is 0 Å². The second kappa shape index (κ2) is 8.59. The molecule has 0 rings (SSSR count). The predicted octanol–water partition coefficient (Wildman–Crippen LogP) is 5.53.